The third-order valence-electron chi connectivity index (χ3n) is 7.28. The SMILES string of the molecule is CN(C(=O)c1cccc(Cn2cnc3ccc(-c4ccc(CNCCN)cc4)cc32)c1)C1CCCC1. The molecule has 1 aliphatic carbocycles. The number of nitrogens with one attached hydrogen (secondary N) is 1. The third-order valence-corrected chi connectivity index (χ3v) is 7.28. The fraction of sp³-hybridized carbons (Fsp3) is 0.333. The van der Waals surface area contributed by atoms with Gasteiger partial charge in [-0.15, -0.1) is 0 Å². The molecule has 1 aliphatic rings. The minimum Gasteiger partial charge on any atom is -0.339 e. The van der Waals surface area contributed by atoms with E-state index >= 15 is 0 Å². The second-order valence-corrected chi connectivity index (χ2v) is 9.79. The minimum atomic E-state index is 0.114. The average Bonchev–Trinajstić information content (AvgIpc) is 3.59. The molecule has 36 heavy (non-hydrogen) atoms. The Morgan fingerprint density at radius 3 is 2.58 bits per heavy atom. The molecule has 0 atom stereocenters. The Kier molecular flexibility index (Phi) is 7.44. The molecule has 0 aliphatic heterocycles. The number of nitrogens with zero attached hydrogens (tertiary/aromatic N) is 3. The molecule has 0 saturated heterocycles. The van der Waals surface area contributed by atoms with Crippen LogP contribution in [0.5, 0.6) is 0 Å². The quantitative estimate of drug-likeness (QED) is 0.336. The second-order valence-electron chi connectivity index (χ2n) is 9.79. The summed E-state index contributed by atoms with van der Waals surface area (Å²) in [5.74, 6) is 0.114. The van der Waals surface area contributed by atoms with Gasteiger partial charge < -0.3 is 20.5 Å². The van der Waals surface area contributed by atoms with Crippen molar-refractivity contribution in [3.05, 3.63) is 89.7 Å². The second kappa shape index (κ2) is 11.1. The molecule has 0 bridgehead atoms. The average molecular weight is 482 g/mol. The maximum absolute atomic E-state index is 13.1. The molecule has 3 aromatic carbocycles. The summed E-state index contributed by atoms with van der Waals surface area (Å²) in [6, 6.07) is 23.4. The molecule has 6 nitrogen and oxygen atoms in total. The summed E-state index contributed by atoms with van der Waals surface area (Å²) in [5.41, 5.74) is 13.0. The van der Waals surface area contributed by atoms with Crippen LogP contribution in [0.15, 0.2) is 73.1 Å². The van der Waals surface area contributed by atoms with Crippen molar-refractivity contribution in [2.75, 3.05) is 20.1 Å². The molecule has 3 N–H and O–H groups in total. The number of rotatable bonds is 9. The molecule has 1 fully saturated rings. The van der Waals surface area contributed by atoms with Gasteiger partial charge in [0, 0.05) is 44.8 Å². The Bertz CT molecular complexity index is 1320. The van der Waals surface area contributed by atoms with Gasteiger partial charge in [0.1, 0.15) is 0 Å². The molecule has 5 rings (SSSR count). The Morgan fingerprint density at radius 2 is 1.81 bits per heavy atom. The van der Waals surface area contributed by atoms with Crippen LogP contribution in [0, 0.1) is 0 Å². The highest BCUT2D eigenvalue weighted by atomic mass is 16.2. The van der Waals surface area contributed by atoms with Crippen LogP contribution in [0.1, 0.15) is 47.2 Å². The first-order valence-electron chi connectivity index (χ1n) is 12.9. The first-order valence-corrected chi connectivity index (χ1v) is 12.9. The van der Waals surface area contributed by atoms with Crippen molar-refractivity contribution < 1.29 is 4.79 Å². The van der Waals surface area contributed by atoms with Gasteiger partial charge in [-0.2, -0.15) is 0 Å². The van der Waals surface area contributed by atoms with Crippen LogP contribution in [0.25, 0.3) is 22.2 Å². The Balaban J connectivity index is 1.34. The number of nitrogens with two attached hydrogens (primary N) is 1. The van der Waals surface area contributed by atoms with E-state index in [-0.39, 0.29) is 5.91 Å². The molecule has 1 aromatic heterocycles. The summed E-state index contributed by atoms with van der Waals surface area (Å²) in [4.78, 5) is 19.6. The van der Waals surface area contributed by atoms with Crippen LogP contribution >= 0.6 is 0 Å². The van der Waals surface area contributed by atoms with Crippen molar-refractivity contribution in [1.29, 1.82) is 0 Å². The lowest BCUT2D eigenvalue weighted by molar-refractivity contribution is 0.0735. The highest BCUT2D eigenvalue weighted by Gasteiger charge is 2.24. The molecule has 0 spiro atoms. The standard InChI is InChI=1S/C30H35N5O/c1-34(27-7-2-3-8-27)30(36)26-6-4-5-23(17-26)20-35-21-33-28-14-13-25(18-29(28)35)24-11-9-22(10-12-24)19-32-16-15-31/h4-6,9-14,17-18,21,27,32H,2-3,7-8,15-16,19-20,31H2,1H3. The van der Waals surface area contributed by atoms with Crippen molar-refractivity contribution in [1.82, 2.24) is 19.8 Å². The smallest absolute Gasteiger partial charge is 0.253 e. The van der Waals surface area contributed by atoms with Crippen LogP contribution in [0.3, 0.4) is 0 Å². The maximum atomic E-state index is 13.1. The zero-order valence-electron chi connectivity index (χ0n) is 21.0. The molecule has 186 valence electrons. The fourth-order valence-electron chi connectivity index (χ4n) is 5.17. The van der Waals surface area contributed by atoms with E-state index in [4.69, 9.17) is 5.73 Å². The number of hydrogen-bond acceptors (Lipinski definition) is 4. The van der Waals surface area contributed by atoms with Gasteiger partial charge in [0.25, 0.3) is 5.91 Å². The Hall–Kier alpha value is -3.48. The maximum Gasteiger partial charge on any atom is 0.253 e. The predicted octanol–water partition coefficient (Wildman–Crippen LogP) is 4.81. The van der Waals surface area contributed by atoms with Crippen LogP contribution in [-0.2, 0) is 13.1 Å². The van der Waals surface area contributed by atoms with Crippen molar-refractivity contribution in [3.8, 4) is 11.1 Å². The Labute approximate surface area is 213 Å². The number of amides is 1. The van der Waals surface area contributed by atoms with Gasteiger partial charge in [0.05, 0.1) is 17.4 Å². The molecular weight excluding hydrogens is 446 g/mol. The predicted molar refractivity (Wildman–Crippen MR) is 146 cm³/mol. The van der Waals surface area contributed by atoms with Crippen LogP contribution in [0.2, 0.25) is 0 Å². The number of carbonyl (C=O) groups excluding carboxylic acids is 1. The van der Waals surface area contributed by atoms with Gasteiger partial charge in [-0.1, -0.05) is 55.3 Å². The minimum absolute atomic E-state index is 0.114. The lowest BCUT2D eigenvalue weighted by atomic mass is 10.0. The van der Waals surface area contributed by atoms with E-state index in [1.807, 2.05) is 36.5 Å². The number of imidazole rings is 1. The topological polar surface area (TPSA) is 76.2 Å². The van der Waals surface area contributed by atoms with Gasteiger partial charge >= 0.3 is 0 Å². The first kappa shape index (κ1) is 24.2. The molecule has 1 heterocycles. The van der Waals surface area contributed by atoms with E-state index in [2.05, 4.69) is 63.4 Å². The number of carbonyl (C=O) groups is 1. The lowest BCUT2D eigenvalue weighted by Crippen LogP contribution is -2.35. The molecule has 4 aromatic rings. The van der Waals surface area contributed by atoms with E-state index in [0.717, 1.165) is 53.7 Å². The zero-order chi connectivity index (χ0) is 24.9. The third kappa shape index (κ3) is 5.35. The van der Waals surface area contributed by atoms with Gasteiger partial charge in [0.2, 0.25) is 0 Å². The van der Waals surface area contributed by atoms with Crippen LogP contribution < -0.4 is 11.1 Å². The summed E-state index contributed by atoms with van der Waals surface area (Å²) < 4.78 is 2.16. The normalized spacial score (nSPS) is 13.9. The van der Waals surface area contributed by atoms with Crippen molar-refractivity contribution >= 4 is 16.9 Å². The molecule has 0 radical (unpaired) electrons. The van der Waals surface area contributed by atoms with E-state index in [1.54, 1.807) is 0 Å². The van der Waals surface area contributed by atoms with Crippen LogP contribution in [0.4, 0.5) is 0 Å². The molecule has 0 unspecified atom stereocenters. The molecule has 6 heteroatoms. The van der Waals surface area contributed by atoms with Gasteiger partial charge in [-0.05, 0) is 59.4 Å². The highest BCUT2D eigenvalue weighted by molar-refractivity contribution is 5.94. The van der Waals surface area contributed by atoms with E-state index < -0.39 is 0 Å². The molecule has 1 saturated carbocycles. The summed E-state index contributed by atoms with van der Waals surface area (Å²) in [7, 11) is 1.94. The number of benzene rings is 3. The Morgan fingerprint density at radius 1 is 1.03 bits per heavy atom. The summed E-state index contributed by atoms with van der Waals surface area (Å²) in [5, 5.41) is 3.33. The summed E-state index contributed by atoms with van der Waals surface area (Å²) in [6.07, 6.45) is 6.54. The molecular formula is C30H35N5O. The number of aromatic nitrogens is 2. The number of hydrogen-bond donors (Lipinski definition) is 2. The van der Waals surface area contributed by atoms with Gasteiger partial charge in [0.15, 0.2) is 0 Å². The van der Waals surface area contributed by atoms with Crippen molar-refractivity contribution in [3.63, 3.8) is 0 Å². The van der Waals surface area contributed by atoms with Crippen LogP contribution in [-0.4, -0.2) is 46.5 Å². The first-order chi connectivity index (χ1) is 17.6. The van der Waals surface area contributed by atoms with E-state index in [0.29, 0.717) is 19.1 Å². The summed E-state index contributed by atoms with van der Waals surface area (Å²) in [6.45, 7) is 2.95. The largest absolute Gasteiger partial charge is 0.339 e. The fourth-order valence-corrected chi connectivity index (χ4v) is 5.17. The molecule has 1 amide bonds. The van der Waals surface area contributed by atoms with E-state index in [1.165, 1.54) is 24.0 Å². The highest BCUT2D eigenvalue weighted by Crippen LogP contribution is 2.26. The number of fused-ring (bicyclic) bond motifs is 1. The summed E-state index contributed by atoms with van der Waals surface area (Å²) >= 11 is 0. The monoisotopic (exact) mass is 481 g/mol. The van der Waals surface area contributed by atoms with Crippen molar-refractivity contribution in [2.24, 2.45) is 5.73 Å². The zero-order valence-corrected chi connectivity index (χ0v) is 21.0. The van der Waals surface area contributed by atoms with Gasteiger partial charge in [-0.3, -0.25) is 4.79 Å². The van der Waals surface area contributed by atoms with Gasteiger partial charge in [-0.25, -0.2) is 4.98 Å². The van der Waals surface area contributed by atoms with E-state index in [9.17, 15) is 4.79 Å². The lowest BCUT2D eigenvalue weighted by Gasteiger charge is -2.24. The van der Waals surface area contributed by atoms with Crippen molar-refractivity contribution in [2.45, 2.75) is 44.8 Å².